The molecule has 0 atom stereocenters. The number of nitro benzene ring substituents is 1. The summed E-state index contributed by atoms with van der Waals surface area (Å²) in [5, 5.41) is 15.2. The van der Waals surface area contributed by atoms with Crippen molar-refractivity contribution in [3.8, 4) is 22.8 Å². The molecule has 2 aromatic carbocycles. The van der Waals surface area contributed by atoms with Crippen LogP contribution in [0.1, 0.15) is 21.7 Å². The summed E-state index contributed by atoms with van der Waals surface area (Å²) in [6.45, 7) is 1.78. The molecule has 0 fully saturated rings. The quantitative estimate of drug-likeness (QED) is 0.359. The number of amides is 1. The van der Waals surface area contributed by atoms with E-state index in [1.165, 1.54) is 26.5 Å². The van der Waals surface area contributed by atoms with Gasteiger partial charge in [-0.05, 0) is 42.8 Å². The van der Waals surface area contributed by atoms with Crippen LogP contribution in [0.3, 0.4) is 0 Å². The van der Waals surface area contributed by atoms with Crippen LogP contribution in [0.15, 0.2) is 58.0 Å². The molecule has 0 bridgehead atoms. The van der Waals surface area contributed by atoms with E-state index >= 15 is 0 Å². The molecule has 1 aromatic heterocycles. The van der Waals surface area contributed by atoms with Gasteiger partial charge in [0.05, 0.1) is 36.5 Å². The monoisotopic (exact) mass is 409 g/mol. The molecule has 0 aliphatic carbocycles. The summed E-state index contributed by atoms with van der Waals surface area (Å²) < 4.78 is 15.9. The van der Waals surface area contributed by atoms with Gasteiger partial charge in [0.25, 0.3) is 11.6 Å². The number of furan rings is 1. The molecular formula is C21H19N3O6. The zero-order valence-corrected chi connectivity index (χ0v) is 16.5. The van der Waals surface area contributed by atoms with E-state index in [-0.39, 0.29) is 11.3 Å². The molecule has 0 aliphatic rings. The first-order valence-electron chi connectivity index (χ1n) is 8.83. The van der Waals surface area contributed by atoms with E-state index in [0.29, 0.717) is 28.6 Å². The third-order valence-corrected chi connectivity index (χ3v) is 4.25. The highest BCUT2D eigenvalue weighted by atomic mass is 16.6. The first-order chi connectivity index (χ1) is 14.4. The number of nitrogens with zero attached hydrogens (tertiary/aromatic N) is 2. The number of aryl methyl sites for hydroxylation is 1. The van der Waals surface area contributed by atoms with E-state index in [1.807, 2.05) is 0 Å². The molecule has 1 heterocycles. The van der Waals surface area contributed by atoms with Crippen LogP contribution in [-0.4, -0.2) is 31.3 Å². The number of hydrogen-bond acceptors (Lipinski definition) is 7. The molecule has 1 N–H and O–H groups in total. The van der Waals surface area contributed by atoms with Gasteiger partial charge < -0.3 is 13.9 Å². The summed E-state index contributed by atoms with van der Waals surface area (Å²) in [4.78, 5) is 23.2. The van der Waals surface area contributed by atoms with Gasteiger partial charge in [0.2, 0.25) is 0 Å². The minimum absolute atomic E-state index is 0.0484. The number of benzene rings is 2. The predicted octanol–water partition coefficient (Wildman–Crippen LogP) is 3.94. The van der Waals surface area contributed by atoms with E-state index < -0.39 is 10.8 Å². The van der Waals surface area contributed by atoms with Gasteiger partial charge in [0.1, 0.15) is 23.0 Å². The second-order valence-electron chi connectivity index (χ2n) is 6.25. The number of hydrazone groups is 1. The first kappa shape index (κ1) is 20.6. The third-order valence-electron chi connectivity index (χ3n) is 4.25. The number of rotatable bonds is 7. The molecule has 0 spiro atoms. The summed E-state index contributed by atoms with van der Waals surface area (Å²) in [5.41, 5.74) is 3.75. The molecule has 9 nitrogen and oxygen atoms in total. The Bertz CT molecular complexity index is 1120. The van der Waals surface area contributed by atoms with Crippen molar-refractivity contribution in [2.24, 2.45) is 5.10 Å². The topological polar surface area (TPSA) is 116 Å². The van der Waals surface area contributed by atoms with Gasteiger partial charge in [0.15, 0.2) is 0 Å². The smallest absolute Gasteiger partial charge is 0.280 e. The average molecular weight is 409 g/mol. The second kappa shape index (κ2) is 8.91. The van der Waals surface area contributed by atoms with Crippen LogP contribution >= 0.6 is 0 Å². The lowest BCUT2D eigenvalue weighted by molar-refractivity contribution is -0.384. The van der Waals surface area contributed by atoms with Gasteiger partial charge >= 0.3 is 0 Å². The lowest BCUT2D eigenvalue weighted by atomic mass is 10.1. The van der Waals surface area contributed by atoms with Crippen molar-refractivity contribution in [1.82, 2.24) is 5.43 Å². The average Bonchev–Trinajstić information content (AvgIpc) is 3.21. The molecule has 9 heteroatoms. The molecule has 0 unspecified atom stereocenters. The van der Waals surface area contributed by atoms with Crippen molar-refractivity contribution in [3.63, 3.8) is 0 Å². The van der Waals surface area contributed by atoms with Crippen LogP contribution in [0.4, 0.5) is 5.69 Å². The number of carbonyl (C=O) groups is 1. The highest BCUT2D eigenvalue weighted by Crippen LogP contribution is 2.31. The molecular weight excluding hydrogens is 390 g/mol. The molecule has 0 aliphatic heterocycles. The maximum absolute atomic E-state index is 12.3. The summed E-state index contributed by atoms with van der Waals surface area (Å²) in [5.74, 6) is 1.06. The Morgan fingerprint density at radius 2 is 1.93 bits per heavy atom. The predicted molar refractivity (Wildman–Crippen MR) is 110 cm³/mol. The van der Waals surface area contributed by atoms with Crippen LogP contribution in [0.5, 0.6) is 11.5 Å². The number of nitro groups is 1. The number of nitrogens with one attached hydrogen (secondary N) is 1. The lowest BCUT2D eigenvalue weighted by Gasteiger charge is -2.08. The Balaban J connectivity index is 1.74. The Hall–Kier alpha value is -4.14. The number of hydrogen-bond donors (Lipinski definition) is 1. The van der Waals surface area contributed by atoms with E-state index in [9.17, 15) is 14.9 Å². The Morgan fingerprint density at radius 1 is 1.13 bits per heavy atom. The van der Waals surface area contributed by atoms with E-state index in [2.05, 4.69) is 10.5 Å². The number of carbonyl (C=O) groups excluding carboxylic acids is 1. The van der Waals surface area contributed by atoms with Gasteiger partial charge in [-0.25, -0.2) is 5.43 Å². The van der Waals surface area contributed by atoms with Crippen molar-refractivity contribution in [2.75, 3.05) is 14.2 Å². The SMILES string of the molecule is COc1ccc(C(=O)N/N=C\c2ccc(-c3ccc(C)cc3[N+](=O)[O-])o2)c(OC)c1. The second-order valence-corrected chi connectivity index (χ2v) is 6.25. The Labute approximate surface area is 172 Å². The lowest BCUT2D eigenvalue weighted by Crippen LogP contribution is -2.18. The largest absolute Gasteiger partial charge is 0.497 e. The van der Waals surface area contributed by atoms with Gasteiger partial charge in [-0.3, -0.25) is 14.9 Å². The van der Waals surface area contributed by atoms with Gasteiger partial charge in [-0.1, -0.05) is 6.07 Å². The summed E-state index contributed by atoms with van der Waals surface area (Å²) in [6.07, 6.45) is 1.30. The fraction of sp³-hybridized carbons (Fsp3) is 0.143. The summed E-state index contributed by atoms with van der Waals surface area (Å²) in [7, 11) is 2.96. The molecule has 154 valence electrons. The maximum atomic E-state index is 12.3. The molecule has 0 saturated carbocycles. The maximum Gasteiger partial charge on any atom is 0.280 e. The number of ether oxygens (including phenoxy) is 2. The first-order valence-corrected chi connectivity index (χ1v) is 8.83. The van der Waals surface area contributed by atoms with Crippen molar-refractivity contribution in [1.29, 1.82) is 0 Å². The standard InChI is InChI=1S/C21H19N3O6/c1-13-4-7-16(18(10-13)24(26)27)19-9-6-15(30-19)12-22-23-21(25)17-8-5-14(28-2)11-20(17)29-3/h4-12H,1-3H3,(H,23,25)/b22-12-. The van der Waals surface area contributed by atoms with Crippen LogP contribution < -0.4 is 14.9 Å². The minimum atomic E-state index is -0.480. The van der Waals surface area contributed by atoms with Crippen LogP contribution in [0.2, 0.25) is 0 Å². The van der Waals surface area contributed by atoms with Crippen LogP contribution in [0, 0.1) is 17.0 Å². The Morgan fingerprint density at radius 3 is 2.63 bits per heavy atom. The van der Waals surface area contributed by atoms with Crippen molar-refractivity contribution in [2.45, 2.75) is 6.92 Å². The molecule has 0 saturated heterocycles. The minimum Gasteiger partial charge on any atom is -0.497 e. The van der Waals surface area contributed by atoms with Gasteiger partial charge in [-0.15, -0.1) is 0 Å². The highest BCUT2D eigenvalue weighted by molar-refractivity contribution is 5.97. The van der Waals surface area contributed by atoms with Gasteiger partial charge in [-0.2, -0.15) is 5.10 Å². The van der Waals surface area contributed by atoms with Crippen LogP contribution in [0.25, 0.3) is 11.3 Å². The molecule has 1 amide bonds. The fourth-order valence-electron chi connectivity index (χ4n) is 2.77. The van der Waals surface area contributed by atoms with Crippen molar-refractivity contribution in [3.05, 3.63) is 75.5 Å². The summed E-state index contributed by atoms with van der Waals surface area (Å²) >= 11 is 0. The van der Waals surface area contributed by atoms with Crippen molar-refractivity contribution >= 4 is 17.8 Å². The third kappa shape index (κ3) is 4.46. The molecule has 3 rings (SSSR count). The zero-order valence-electron chi connectivity index (χ0n) is 16.5. The fourth-order valence-corrected chi connectivity index (χ4v) is 2.77. The molecule has 30 heavy (non-hydrogen) atoms. The Kier molecular flexibility index (Phi) is 6.11. The molecule has 0 radical (unpaired) electrons. The summed E-state index contributed by atoms with van der Waals surface area (Å²) in [6, 6.07) is 12.9. The molecule has 3 aromatic rings. The highest BCUT2D eigenvalue weighted by Gasteiger charge is 2.18. The van der Waals surface area contributed by atoms with E-state index in [1.54, 1.807) is 49.4 Å². The van der Waals surface area contributed by atoms with E-state index in [4.69, 9.17) is 13.9 Å². The van der Waals surface area contributed by atoms with Crippen LogP contribution in [-0.2, 0) is 0 Å². The van der Waals surface area contributed by atoms with Gasteiger partial charge in [0, 0.05) is 12.1 Å². The zero-order chi connectivity index (χ0) is 21.7. The normalized spacial score (nSPS) is 10.8. The van der Waals surface area contributed by atoms with E-state index in [0.717, 1.165) is 5.56 Å². The number of methoxy groups -OCH3 is 2. The van der Waals surface area contributed by atoms with Crippen molar-refractivity contribution < 1.29 is 23.6 Å².